The van der Waals surface area contributed by atoms with Crippen molar-refractivity contribution in [2.75, 3.05) is 0 Å². The lowest BCUT2D eigenvalue weighted by Crippen LogP contribution is -2.53. The molecular weight excluding hydrogens is 355 g/mol. The fraction of sp³-hybridized carbons (Fsp3) is 0.500. The van der Waals surface area contributed by atoms with Crippen molar-refractivity contribution in [3.05, 3.63) is 27.7 Å². The monoisotopic (exact) mass is 366 g/mol. The van der Waals surface area contributed by atoms with E-state index in [1.807, 2.05) is 18.2 Å². The average molecular weight is 368 g/mol. The zero-order chi connectivity index (χ0) is 11.9. The zero-order valence-corrected chi connectivity index (χ0v) is 13.1. The molecule has 0 N–H and O–H groups in total. The summed E-state index contributed by atoms with van der Waals surface area (Å²) >= 11 is 13.0. The number of benzene rings is 1. The summed E-state index contributed by atoms with van der Waals surface area (Å²) < 4.78 is 6.90. The Kier molecular flexibility index (Phi) is 3.58. The average Bonchev–Trinajstić information content (AvgIpc) is 2.21. The third kappa shape index (κ3) is 2.27. The van der Waals surface area contributed by atoms with Crippen molar-refractivity contribution in [2.45, 2.75) is 31.2 Å². The van der Waals surface area contributed by atoms with Gasteiger partial charge < -0.3 is 4.74 Å². The molecule has 0 heterocycles. The number of alkyl halides is 1. The number of ether oxygens (including phenoxy) is 1. The van der Waals surface area contributed by atoms with Crippen LogP contribution in [-0.2, 0) is 0 Å². The zero-order valence-electron chi connectivity index (χ0n) is 9.14. The maximum atomic E-state index is 5.99. The molecule has 0 amide bonds. The van der Waals surface area contributed by atoms with Crippen molar-refractivity contribution in [1.82, 2.24) is 0 Å². The van der Waals surface area contributed by atoms with Crippen LogP contribution >= 0.6 is 43.5 Å². The van der Waals surface area contributed by atoms with Gasteiger partial charge in [-0.1, -0.05) is 41.4 Å². The summed E-state index contributed by atoms with van der Waals surface area (Å²) in [6, 6.07) is 5.61. The van der Waals surface area contributed by atoms with Crippen molar-refractivity contribution in [1.29, 1.82) is 0 Å². The predicted molar refractivity (Wildman–Crippen MR) is 74.7 cm³/mol. The summed E-state index contributed by atoms with van der Waals surface area (Å²) in [4.78, 5) is 0.538. The molecule has 0 aliphatic heterocycles. The summed E-state index contributed by atoms with van der Waals surface area (Å²) in [6.45, 7) is 4.43. The standard InChI is InChI=1S/C12H13Br2ClO/c1-12(2)10(14)6-11(12)16-9-4-3-7(15)5-8(9)13/h3-5,10-11H,6H2,1-2H3. The summed E-state index contributed by atoms with van der Waals surface area (Å²) in [7, 11) is 0. The van der Waals surface area contributed by atoms with Gasteiger partial charge in [0.2, 0.25) is 0 Å². The Morgan fingerprint density at radius 1 is 1.44 bits per heavy atom. The summed E-state index contributed by atoms with van der Waals surface area (Å²) in [5.74, 6) is 0.863. The SMILES string of the molecule is CC1(C)C(Br)CC1Oc1ccc(Cl)cc1Br. The van der Waals surface area contributed by atoms with Gasteiger partial charge in [-0.3, -0.25) is 0 Å². The highest BCUT2D eigenvalue weighted by atomic mass is 79.9. The fourth-order valence-corrected chi connectivity index (χ4v) is 3.17. The van der Waals surface area contributed by atoms with E-state index in [1.165, 1.54) is 0 Å². The van der Waals surface area contributed by atoms with Gasteiger partial charge in [-0.05, 0) is 40.5 Å². The van der Waals surface area contributed by atoms with Gasteiger partial charge in [-0.25, -0.2) is 0 Å². The van der Waals surface area contributed by atoms with Gasteiger partial charge >= 0.3 is 0 Å². The van der Waals surface area contributed by atoms with Gasteiger partial charge in [-0.15, -0.1) is 0 Å². The molecule has 1 aliphatic rings. The van der Waals surface area contributed by atoms with Gasteiger partial charge in [0.1, 0.15) is 11.9 Å². The van der Waals surface area contributed by atoms with E-state index in [1.54, 1.807) is 0 Å². The molecule has 1 saturated carbocycles. The molecule has 0 radical (unpaired) electrons. The van der Waals surface area contributed by atoms with E-state index in [9.17, 15) is 0 Å². The smallest absolute Gasteiger partial charge is 0.134 e. The van der Waals surface area contributed by atoms with Crippen LogP contribution in [0.5, 0.6) is 5.75 Å². The lowest BCUT2D eigenvalue weighted by molar-refractivity contribution is -0.00828. The molecule has 4 heteroatoms. The maximum absolute atomic E-state index is 5.99. The van der Waals surface area contributed by atoms with Gasteiger partial charge in [0.25, 0.3) is 0 Å². The van der Waals surface area contributed by atoms with E-state index in [0.29, 0.717) is 9.85 Å². The molecule has 2 atom stereocenters. The van der Waals surface area contributed by atoms with E-state index in [4.69, 9.17) is 16.3 Å². The molecule has 0 spiro atoms. The summed E-state index contributed by atoms with van der Waals surface area (Å²) in [5, 5.41) is 0.713. The van der Waals surface area contributed by atoms with E-state index in [0.717, 1.165) is 16.6 Å². The van der Waals surface area contributed by atoms with Crippen molar-refractivity contribution >= 4 is 43.5 Å². The van der Waals surface area contributed by atoms with Gasteiger partial charge in [-0.2, -0.15) is 0 Å². The Labute approximate surface area is 118 Å². The molecule has 0 saturated heterocycles. The molecule has 2 rings (SSSR count). The van der Waals surface area contributed by atoms with Crippen LogP contribution in [0.25, 0.3) is 0 Å². The van der Waals surface area contributed by atoms with Crippen molar-refractivity contribution < 1.29 is 4.74 Å². The quantitative estimate of drug-likeness (QED) is 0.664. The first-order valence-corrected chi connectivity index (χ1v) is 7.25. The van der Waals surface area contributed by atoms with Crippen LogP contribution in [0.4, 0.5) is 0 Å². The first-order valence-electron chi connectivity index (χ1n) is 5.17. The number of rotatable bonds is 2. The topological polar surface area (TPSA) is 9.23 Å². The van der Waals surface area contributed by atoms with E-state index in [-0.39, 0.29) is 11.5 Å². The minimum atomic E-state index is 0.180. The van der Waals surface area contributed by atoms with Crippen molar-refractivity contribution in [3.8, 4) is 5.75 Å². The molecule has 0 bridgehead atoms. The first-order chi connectivity index (χ1) is 7.41. The molecule has 1 nitrogen and oxygen atoms in total. The maximum Gasteiger partial charge on any atom is 0.134 e. The number of halogens is 3. The van der Waals surface area contributed by atoms with Crippen molar-refractivity contribution in [2.24, 2.45) is 5.41 Å². The lowest BCUT2D eigenvalue weighted by Gasteiger charge is -2.48. The lowest BCUT2D eigenvalue weighted by atomic mass is 9.69. The summed E-state index contributed by atoms with van der Waals surface area (Å²) in [6.07, 6.45) is 1.30. The highest BCUT2D eigenvalue weighted by Crippen LogP contribution is 2.48. The Balaban J connectivity index is 2.11. The molecule has 0 aromatic heterocycles. The van der Waals surface area contributed by atoms with E-state index < -0.39 is 0 Å². The van der Waals surface area contributed by atoms with Crippen molar-refractivity contribution in [3.63, 3.8) is 0 Å². The third-order valence-corrected chi connectivity index (χ3v) is 5.63. The van der Waals surface area contributed by atoms with Crippen LogP contribution in [0.1, 0.15) is 20.3 Å². The van der Waals surface area contributed by atoms with Crippen LogP contribution in [0.2, 0.25) is 5.02 Å². The van der Waals surface area contributed by atoms with Crippen LogP contribution in [-0.4, -0.2) is 10.9 Å². The number of hydrogen-bond donors (Lipinski definition) is 0. The van der Waals surface area contributed by atoms with Crippen LogP contribution < -0.4 is 4.74 Å². The molecule has 1 fully saturated rings. The predicted octanol–water partition coefficient (Wildman–Crippen LogP) is 5.04. The summed E-state index contributed by atoms with van der Waals surface area (Å²) in [5.41, 5.74) is 0.180. The highest BCUT2D eigenvalue weighted by molar-refractivity contribution is 9.10. The largest absolute Gasteiger partial charge is 0.489 e. The molecule has 1 aromatic rings. The second-order valence-electron chi connectivity index (χ2n) is 4.71. The molecule has 1 aromatic carbocycles. The van der Waals surface area contributed by atoms with Crippen LogP contribution in [0.3, 0.4) is 0 Å². The minimum absolute atomic E-state index is 0.180. The normalized spacial score (nSPS) is 27.3. The Bertz CT molecular complexity index is 406. The first kappa shape index (κ1) is 12.7. The Morgan fingerprint density at radius 2 is 2.12 bits per heavy atom. The van der Waals surface area contributed by atoms with E-state index in [2.05, 4.69) is 45.7 Å². The molecule has 88 valence electrons. The van der Waals surface area contributed by atoms with Gasteiger partial charge in [0.15, 0.2) is 0 Å². The molecular formula is C12H13Br2ClO. The van der Waals surface area contributed by atoms with E-state index >= 15 is 0 Å². The van der Waals surface area contributed by atoms with Gasteiger partial charge in [0, 0.05) is 15.3 Å². The highest BCUT2D eigenvalue weighted by Gasteiger charge is 2.48. The third-order valence-electron chi connectivity index (χ3n) is 3.22. The van der Waals surface area contributed by atoms with Crippen LogP contribution in [0.15, 0.2) is 22.7 Å². The minimum Gasteiger partial charge on any atom is -0.489 e. The second-order valence-corrected chi connectivity index (χ2v) is 7.10. The van der Waals surface area contributed by atoms with Gasteiger partial charge in [0.05, 0.1) is 4.47 Å². The molecule has 16 heavy (non-hydrogen) atoms. The fourth-order valence-electron chi connectivity index (χ4n) is 1.76. The molecule has 1 aliphatic carbocycles. The molecule has 2 unspecified atom stereocenters. The Hall–Kier alpha value is 0.270. The number of hydrogen-bond acceptors (Lipinski definition) is 1. The second kappa shape index (κ2) is 4.51. The van der Waals surface area contributed by atoms with Crippen LogP contribution in [0, 0.1) is 5.41 Å². The Morgan fingerprint density at radius 3 is 2.62 bits per heavy atom.